The van der Waals surface area contributed by atoms with Gasteiger partial charge in [-0.25, -0.2) is 17.2 Å². The molecule has 0 saturated carbocycles. The molecule has 0 heterocycles. The van der Waals surface area contributed by atoms with Crippen molar-refractivity contribution in [3.63, 3.8) is 0 Å². The highest BCUT2D eigenvalue weighted by Gasteiger charge is 2.15. The summed E-state index contributed by atoms with van der Waals surface area (Å²) in [6.07, 6.45) is 0. The summed E-state index contributed by atoms with van der Waals surface area (Å²) in [5.74, 6) is -1.47. The van der Waals surface area contributed by atoms with Crippen molar-refractivity contribution in [3.05, 3.63) is 78.4 Å². The molecule has 0 saturated heterocycles. The van der Waals surface area contributed by atoms with Crippen molar-refractivity contribution in [3.8, 4) is 11.5 Å². The molecule has 32 heavy (non-hydrogen) atoms. The van der Waals surface area contributed by atoms with Crippen LogP contribution >= 0.6 is 0 Å². The third-order valence-electron chi connectivity index (χ3n) is 4.13. The third-order valence-corrected chi connectivity index (χ3v) is 5.52. The van der Waals surface area contributed by atoms with Crippen LogP contribution in [-0.4, -0.2) is 27.5 Å². The molecule has 168 valence electrons. The van der Waals surface area contributed by atoms with E-state index in [0.717, 1.165) is 12.1 Å². The number of sulfonamides is 1. The van der Waals surface area contributed by atoms with Gasteiger partial charge in [-0.1, -0.05) is 0 Å². The van der Waals surface area contributed by atoms with E-state index in [0.29, 0.717) is 24.1 Å². The lowest BCUT2D eigenvalue weighted by Crippen LogP contribution is -2.21. The Balaban J connectivity index is 1.57. The number of halogens is 2. The van der Waals surface area contributed by atoms with E-state index in [4.69, 9.17) is 9.47 Å². The van der Waals surface area contributed by atoms with Crippen LogP contribution in [0.15, 0.2) is 71.6 Å². The number of amides is 1. The number of carbonyl (C=O) groups excluding carboxylic acids is 1. The summed E-state index contributed by atoms with van der Waals surface area (Å²) < 4.78 is 64.6. The Bertz CT molecular complexity index is 1180. The van der Waals surface area contributed by atoms with E-state index in [1.807, 2.05) is 6.92 Å². The summed E-state index contributed by atoms with van der Waals surface area (Å²) in [6, 6.07) is 14.7. The lowest BCUT2D eigenvalue weighted by Gasteiger charge is -2.11. The quantitative estimate of drug-likeness (QED) is 0.498. The van der Waals surface area contributed by atoms with Crippen LogP contribution in [0.3, 0.4) is 0 Å². The minimum atomic E-state index is -3.83. The summed E-state index contributed by atoms with van der Waals surface area (Å²) in [6.45, 7) is 1.90. The highest BCUT2D eigenvalue weighted by molar-refractivity contribution is 7.92. The van der Waals surface area contributed by atoms with Crippen molar-refractivity contribution in [2.45, 2.75) is 11.8 Å². The fraction of sp³-hybridized carbons (Fsp3) is 0.136. The van der Waals surface area contributed by atoms with E-state index in [1.54, 1.807) is 24.3 Å². The normalized spacial score (nSPS) is 11.0. The molecule has 0 spiro atoms. The zero-order valence-corrected chi connectivity index (χ0v) is 17.8. The zero-order valence-electron chi connectivity index (χ0n) is 17.0. The summed E-state index contributed by atoms with van der Waals surface area (Å²) in [7, 11) is -3.83. The van der Waals surface area contributed by atoms with Gasteiger partial charge in [-0.3, -0.25) is 9.52 Å². The van der Waals surface area contributed by atoms with E-state index in [1.165, 1.54) is 24.3 Å². The summed E-state index contributed by atoms with van der Waals surface area (Å²) in [5, 5.41) is 2.26. The third kappa shape index (κ3) is 6.17. The molecule has 0 fully saturated rings. The average molecular weight is 462 g/mol. The standard InChI is InChI=1S/C22H20F2N2O5S/c1-2-30-17-6-4-16(5-7-17)26-32(28,29)19-10-8-18(9-11-19)31-14-22(27)25-21-12-3-15(23)13-20(21)24/h3-13,26H,2,14H2,1H3,(H,25,27). The second-order valence-corrected chi connectivity index (χ2v) is 8.18. The fourth-order valence-electron chi connectivity index (χ4n) is 2.64. The molecule has 1 amide bonds. The minimum absolute atomic E-state index is 0.00318. The van der Waals surface area contributed by atoms with E-state index >= 15 is 0 Å². The minimum Gasteiger partial charge on any atom is -0.494 e. The number of anilines is 2. The number of nitrogens with one attached hydrogen (secondary N) is 2. The molecule has 3 aromatic carbocycles. The largest absolute Gasteiger partial charge is 0.494 e. The molecule has 10 heteroatoms. The summed E-state index contributed by atoms with van der Waals surface area (Å²) >= 11 is 0. The van der Waals surface area contributed by atoms with Crippen LogP contribution in [0.25, 0.3) is 0 Å². The first-order valence-corrected chi connectivity index (χ1v) is 11.0. The van der Waals surface area contributed by atoms with Crippen LogP contribution in [0.4, 0.5) is 20.2 Å². The monoisotopic (exact) mass is 462 g/mol. The smallest absolute Gasteiger partial charge is 0.262 e. The summed E-state index contributed by atoms with van der Waals surface area (Å²) in [4.78, 5) is 11.9. The van der Waals surface area contributed by atoms with Gasteiger partial charge in [0.2, 0.25) is 0 Å². The van der Waals surface area contributed by atoms with Crippen molar-refractivity contribution in [1.29, 1.82) is 0 Å². The number of rotatable bonds is 9. The lowest BCUT2D eigenvalue weighted by atomic mass is 10.3. The second-order valence-electron chi connectivity index (χ2n) is 6.50. The molecule has 0 unspecified atom stereocenters. The van der Waals surface area contributed by atoms with Crippen molar-refractivity contribution >= 4 is 27.3 Å². The Morgan fingerprint density at radius 3 is 2.16 bits per heavy atom. The molecule has 7 nitrogen and oxygen atoms in total. The number of hydrogen-bond donors (Lipinski definition) is 2. The molecular weight excluding hydrogens is 442 g/mol. The molecule has 0 aliphatic rings. The predicted octanol–water partition coefficient (Wildman–Crippen LogP) is 4.18. The maximum atomic E-state index is 13.6. The van der Waals surface area contributed by atoms with E-state index < -0.39 is 34.2 Å². The van der Waals surface area contributed by atoms with Gasteiger partial charge in [0.05, 0.1) is 17.2 Å². The molecule has 3 rings (SSSR count). The molecule has 0 atom stereocenters. The van der Waals surface area contributed by atoms with Crippen LogP contribution in [0, 0.1) is 11.6 Å². The average Bonchev–Trinajstić information content (AvgIpc) is 2.76. The molecule has 0 aliphatic heterocycles. The van der Waals surface area contributed by atoms with Crippen molar-refractivity contribution < 1.29 is 31.5 Å². The highest BCUT2D eigenvalue weighted by atomic mass is 32.2. The van der Waals surface area contributed by atoms with Gasteiger partial charge in [0, 0.05) is 11.8 Å². The molecular formula is C22H20F2N2O5S. The maximum Gasteiger partial charge on any atom is 0.262 e. The van der Waals surface area contributed by atoms with Gasteiger partial charge in [-0.15, -0.1) is 0 Å². The van der Waals surface area contributed by atoms with Gasteiger partial charge >= 0.3 is 0 Å². The molecule has 0 radical (unpaired) electrons. The van der Waals surface area contributed by atoms with Gasteiger partial charge in [0.25, 0.3) is 15.9 Å². The van der Waals surface area contributed by atoms with Crippen LogP contribution in [-0.2, 0) is 14.8 Å². The Morgan fingerprint density at radius 1 is 0.906 bits per heavy atom. The zero-order chi connectivity index (χ0) is 23.1. The van der Waals surface area contributed by atoms with Crippen molar-refractivity contribution in [1.82, 2.24) is 0 Å². The Hall–Kier alpha value is -3.66. The van der Waals surface area contributed by atoms with Gasteiger partial charge in [-0.2, -0.15) is 0 Å². The van der Waals surface area contributed by atoms with Gasteiger partial charge in [0.1, 0.15) is 23.1 Å². The molecule has 0 aromatic heterocycles. The topological polar surface area (TPSA) is 93.7 Å². The Labute approximate surface area is 184 Å². The number of hydrogen-bond acceptors (Lipinski definition) is 5. The first kappa shape index (κ1) is 23.0. The number of benzene rings is 3. The molecule has 2 N–H and O–H groups in total. The first-order chi connectivity index (χ1) is 15.3. The lowest BCUT2D eigenvalue weighted by molar-refractivity contribution is -0.118. The van der Waals surface area contributed by atoms with Crippen molar-refractivity contribution in [2.75, 3.05) is 23.3 Å². The highest BCUT2D eigenvalue weighted by Crippen LogP contribution is 2.21. The SMILES string of the molecule is CCOc1ccc(NS(=O)(=O)c2ccc(OCC(=O)Nc3ccc(F)cc3F)cc2)cc1. The second kappa shape index (κ2) is 10.1. The van der Waals surface area contributed by atoms with Crippen molar-refractivity contribution in [2.24, 2.45) is 0 Å². The van der Waals surface area contributed by atoms with Crippen LogP contribution in [0.1, 0.15) is 6.92 Å². The Morgan fingerprint density at radius 2 is 1.53 bits per heavy atom. The van der Waals surface area contributed by atoms with Crippen LogP contribution in [0.5, 0.6) is 11.5 Å². The first-order valence-electron chi connectivity index (χ1n) is 9.50. The predicted molar refractivity (Wildman–Crippen MR) is 115 cm³/mol. The Kier molecular flexibility index (Phi) is 7.26. The van der Waals surface area contributed by atoms with Crippen LogP contribution < -0.4 is 19.5 Å². The molecule has 3 aromatic rings. The summed E-state index contributed by atoms with van der Waals surface area (Å²) in [5.41, 5.74) is 0.195. The van der Waals surface area contributed by atoms with Gasteiger partial charge < -0.3 is 14.8 Å². The number of ether oxygens (including phenoxy) is 2. The molecule has 0 bridgehead atoms. The molecule has 0 aliphatic carbocycles. The van der Waals surface area contributed by atoms with E-state index in [-0.39, 0.29) is 16.3 Å². The number of carbonyl (C=O) groups is 1. The van der Waals surface area contributed by atoms with Gasteiger partial charge in [0.15, 0.2) is 6.61 Å². The van der Waals surface area contributed by atoms with E-state index in [9.17, 15) is 22.0 Å². The van der Waals surface area contributed by atoms with Gasteiger partial charge in [-0.05, 0) is 67.6 Å². The fourth-order valence-corrected chi connectivity index (χ4v) is 3.70. The van der Waals surface area contributed by atoms with Crippen LogP contribution in [0.2, 0.25) is 0 Å². The van der Waals surface area contributed by atoms with E-state index in [2.05, 4.69) is 10.0 Å². The maximum absolute atomic E-state index is 13.6.